The lowest BCUT2D eigenvalue weighted by molar-refractivity contribution is -0.898. The molecule has 2 aromatic rings. The van der Waals surface area contributed by atoms with E-state index in [0.29, 0.717) is 17.6 Å². The summed E-state index contributed by atoms with van der Waals surface area (Å²) in [7, 11) is 2.04. The number of nitrogens with one attached hydrogen (secondary N) is 2. The minimum absolute atomic E-state index is 0.0326. The highest BCUT2D eigenvalue weighted by atomic mass is 32.2. The molecule has 9 heteroatoms. The molecule has 1 amide bonds. The van der Waals surface area contributed by atoms with Gasteiger partial charge in [0.2, 0.25) is 0 Å². The maximum atomic E-state index is 12.3. The first-order valence-electron chi connectivity index (χ1n) is 8.64. The SMILES string of the molecule is CCSc1nnc([C@@H]2CCC[NH+](CC(=O)Nc3nc(C)cs3)C2)n1C. The average Bonchev–Trinajstić information content (AvgIpc) is 3.14. The van der Waals surface area contributed by atoms with Crippen molar-refractivity contribution in [3.63, 3.8) is 0 Å². The number of piperidine rings is 1. The largest absolute Gasteiger partial charge is 0.327 e. The average molecular weight is 382 g/mol. The van der Waals surface area contributed by atoms with E-state index in [1.165, 1.54) is 16.2 Å². The van der Waals surface area contributed by atoms with Crippen molar-refractivity contribution in [2.24, 2.45) is 7.05 Å². The molecule has 0 bridgehead atoms. The van der Waals surface area contributed by atoms with Crippen LogP contribution in [-0.4, -0.2) is 51.0 Å². The van der Waals surface area contributed by atoms with Gasteiger partial charge in [0.25, 0.3) is 5.91 Å². The number of quaternary nitrogens is 1. The van der Waals surface area contributed by atoms with Crippen LogP contribution in [0.3, 0.4) is 0 Å². The first-order valence-corrected chi connectivity index (χ1v) is 10.5. The molecule has 2 N–H and O–H groups in total. The van der Waals surface area contributed by atoms with Crippen molar-refractivity contribution in [1.82, 2.24) is 19.7 Å². The maximum Gasteiger partial charge on any atom is 0.281 e. The summed E-state index contributed by atoms with van der Waals surface area (Å²) >= 11 is 3.18. The number of carbonyl (C=O) groups is 1. The Kier molecular flexibility index (Phi) is 6.08. The van der Waals surface area contributed by atoms with Gasteiger partial charge in [-0.15, -0.1) is 21.5 Å². The number of hydrogen-bond acceptors (Lipinski definition) is 6. The summed E-state index contributed by atoms with van der Waals surface area (Å²) < 4.78 is 2.11. The van der Waals surface area contributed by atoms with E-state index >= 15 is 0 Å². The normalized spacial score (nSPS) is 20.6. The summed E-state index contributed by atoms with van der Waals surface area (Å²) in [5.41, 5.74) is 0.939. The van der Waals surface area contributed by atoms with Gasteiger partial charge in [-0.2, -0.15) is 0 Å². The van der Waals surface area contributed by atoms with Gasteiger partial charge >= 0.3 is 0 Å². The zero-order valence-electron chi connectivity index (χ0n) is 14.9. The fourth-order valence-corrected chi connectivity index (χ4v) is 4.62. The van der Waals surface area contributed by atoms with E-state index in [9.17, 15) is 4.79 Å². The zero-order chi connectivity index (χ0) is 17.8. The molecule has 3 heterocycles. The van der Waals surface area contributed by atoms with Crippen molar-refractivity contribution < 1.29 is 9.69 Å². The van der Waals surface area contributed by atoms with Crippen molar-refractivity contribution in [2.45, 2.75) is 37.8 Å². The molecular weight excluding hydrogens is 356 g/mol. The van der Waals surface area contributed by atoms with Gasteiger partial charge in [-0.3, -0.25) is 10.1 Å². The third-order valence-corrected chi connectivity index (χ3v) is 6.18. The summed E-state index contributed by atoms with van der Waals surface area (Å²) in [6, 6.07) is 0. The van der Waals surface area contributed by atoms with Crippen LogP contribution in [0.2, 0.25) is 0 Å². The quantitative estimate of drug-likeness (QED) is 0.733. The number of nitrogens with zero attached hydrogens (tertiary/aromatic N) is 4. The van der Waals surface area contributed by atoms with Crippen molar-refractivity contribution in [3.8, 4) is 0 Å². The molecule has 1 aliphatic heterocycles. The monoisotopic (exact) mass is 381 g/mol. The summed E-state index contributed by atoms with van der Waals surface area (Å²) in [6.07, 6.45) is 2.21. The minimum atomic E-state index is 0.0326. The van der Waals surface area contributed by atoms with Crippen molar-refractivity contribution >= 4 is 34.1 Å². The Bertz CT molecular complexity index is 728. The van der Waals surface area contributed by atoms with Crippen molar-refractivity contribution in [3.05, 3.63) is 16.9 Å². The summed E-state index contributed by atoms with van der Waals surface area (Å²) in [4.78, 5) is 17.9. The van der Waals surface area contributed by atoms with Crippen LogP contribution in [-0.2, 0) is 11.8 Å². The van der Waals surface area contributed by atoms with Crippen molar-refractivity contribution in [2.75, 3.05) is 30.7 Å². The van der Waals surface area contributed by atoms with Gasteiger partial charge in [-0.25, -0.2) is 4.98 Å². The highest BCUT2D eigenvalue weighted by Crippen LogP contribution is 2.23. The first-order chi connectivity index (χ1) is 12.1. The second-order valence-electron chi connectivity index (χ2n) is 6.40. The second-order valence-corrected chi connectivity index (χ2v) is 8.48. The lowest BCUT2D eigenvalue weighted by Crippen LogP contribution is -3.14. The third-order valence-electron chi connectivity index (χ3n) is 4.40. The van der Waals surface area contributed by atoms with Crippen molar-refractivity contribution in [1.29, 1.82) is 0 Å². The van der Waals surface area contributed by atoms with Crippen LogP contribution in [0.15, 0.2) is 10.5 Å². The number of aromatic nitrogens is 4. The number of thioether (sulfide) groups is 1. The molecule has 0 spiro atoms. The van der Waals surface area contributed by atoms with Gasteiger partial charge in [-0.05, 0) is 25.5 Å². The molecule has 25 heavy (non-hydrogen) atoms. The standard InChI is InChI=1S/C16H24N6OS2/c1-4-24-16-20-19-14(21(16)3)12-6-5-7-22(8-12)9-13(23)18-15-17-11(2)10-25-15/h10,12H,4-9H2,1-3H3,(H,17,18,23)/p+1/t12-/m1/s1. The summed E-state index contributed by atoms with van der Waals surface area (Å²) in [5.74, 6) is 2.43. The van der Waals surface area contributed by atoms with Gasteiger partial charge in [0.15, 0.2) is 16.8 Å². The van der Waals surface area contributed by atoms with Crippen LogP contribution < -0.4 is 10.2 Å². The lowest BCUT2D eigenvalue weighted by atomic mass is 9.97. The second kappa shape index (κ2) is 8.29. The molecule has 0 radical (unpaired) electrons. The molecular formula is C16H25N6OS2+. The van der Waals surface area contributed by atoms with E-state index in [1.54, 1.807) is 11.8 Å². The Morgan fingerprint density at radius 3 is 3.08 bits per heavy atom. The van der Waals surface area contributed by atoms with E-state index < -0.39 is 0 Å². The zero-order valence-corrected chi connectivity index (χ0v) is 16.5. The molecule has 0 aromatic carbocycles. The van der Waals surface area contributed by atoms with Gasteiger partial charge < -0.3 is 9.47 Å². The smallest absolute Gasteiger partial charge is 0.281 e. The van der Waals surface area contributed by atoms with Crippen LogP contribution in [0.25, 0.3) is 0 Å². The Hall–Kier alpha value is -1.45. The Morgan fingerprint density at radius 1 is 1.52 bits per heavy atom. The molecule has 0 saturated carbocycles. The maximum absolute atomic E-state index is 12.3. The molecule has 1 unspecified atom stereocenters. The van der Waals surface area contributed by atoms with Gasteiger partial charge in [-0.1, -0.05) is 18.7 Å². The van der Waals surface area contributed by atoms with Crippen LogP contribution in [0, 0.1) is 6.92 Å². The van der Waals surface area contributed by atoms with Crippen LogP contribution in [0.5, 0.6) is 0 Å². The van der Waals surface area contributed by atoms with Crippen LogP contribution in [0.4, 0.5) is 5.13 Å². The van der Waals surface area contributed by atoms with E-state index in [0.717, 1.165) is 48.4 Å². The number of rotatable bonds is 6. The van der Waals surface area contributed by atoms with E-state index in [2.05, 4.69) is 32.0 Å². The third kappa shape index (κ3) is 4.59. The minimum Gasteiger partial charge on any atom is -0.327 e. The highest BCUT2D eigenvalue weighted by molar-refractivity contribution is 7.99. The topological polar surface area (TPSA) is 77.1 Å². The fraction of sp³-hybridized carbons (Fsp3) is 0.625. The molecule has 136 valence electrons. The number of carbonyl (C=O) groups excluding carboxylic acids is 1. The summed E-state index contributed by atoms with van der Waals surface area (Å²) in [6.45, 7) is 6.47. The molecule has 0 aliphatic carbocycles. The van der Waals surface area contributed by atoms with E-state index in [1.807, 2.05) is 19.4 Å². The highest BCUT2D eigenvalue weighted by Gasteiger charge is 2.29. The number of hydrogen-bond donors (Lipinski definition) is 2. The molecule has 1 saturated heterocycles. The van der Waals surface area contributed by atoms with Gasteiger partial charge in [0.05, 0.1) is 24.7 Å². The molecule has 1 fully saturated rings. The van der Waals surface area contributed by atoms with Crippen LogP contribution in [0.1, 0.15) is 37.2 Å². The molecule has 2 atom stereocenters. The number of thiazole rings is 1. The molecule has 3 rings (SSSR count). The number of anilines is 1. The van der Waals surface area contributed by atoms with Gasteiger partial charge in [0.1, 0.15) is 5.82 Å². The Morgan fingerprint density at radius 2 is 2.36 bits per heavy atom. The number of likely N-dealkylation sites (tertiary alicyclic amines) is 1. The lowest BCUT2D eigenvalue weighted by Gasteiger charge is -2.28. The van der Waals surface area contributed by atoms with Gasteiger partial charge in [0, 0.05) is 12.4 Å². The molecule has 7 nitrogen and oxygen atoms in total. The predicted octanol–water partition coefficient (Wildman–Crippen LogP) is 1.09. The summed E-state index contributed by atoms with van der Waals surface area (Å²) in [5, 5.41) is 15.2. The number of amides is 1. The predicted molar refractivity (Wildman–Crippen MR) is 100 cm³/mol. The molecule has 1 aliphatic rings. The van der Waals surface area contributed by atoms with Crippen LogP contribution >= 0.6 is 23.1 Å². The molecule has 2 aromatic heterocycles. The fourth-order valence-electron chi connectivity index (χ4n) is 3.27. The Labute approximate surface area is 156 Å². The number of aryl methyl sites for hydroxylation is 1. The van der Waals surface area contributed by atoms with E-state index in [-0.39, 0.29) is 5.91 Å². The Balaban J connectivity index is 1.58. The van der Waals surface area contributed by atoms with E-state index in [4.69, 9.17) is 0 Å². The first kappa shape index (κ1) is 18.3.